The molecular formula is C13H17BrN2O2. The second-order valence-electron chi connectivity index (χ2n) is 4.48. The summed E-state index contributed by atoms with van der Waals surface area (Å²) in [5, 5.41) is 6.21. The molecule has 4 nitrogen and oxygen atoms in total. The van der Waals surface area contributed by atoms with E-state index >= 15 is 0 Å². The molecule has 2 unspecified atom stereocenters. The van der Waals surface area contributed by atoms with E-state index in [1.165, 1.54) is 0 Å². The normalized spacial score (nSPS) is 22.8. The Kier molecular flexibility index (Phi) is 4.24. The number of carbonyl (C=O) groups is 1. The van der Waals surface area contributed by atoms with Gasteiger partial charge in [0.25, 0.3) is 0 Å². The van der Waals surface area contributed by atoms with Crippen LogP contribution < -0.4 is 15.4 Å². The molecule has 1 saturated heterocycles. The molecule has 1 aliphatic heterocycles. The molecule has 0 spiro atoms. The van der Waals surface area contributed by atoms with Crippen molar-refractivity contribution >= 4 is 27.5 Å². The van der Waals surface area contributed by atoms with E-state index in [1.807, 2.05) is 25.1 Å². The van der Waals surface area contributed by atoms with Crippen molar-refractivity contribution in [2.75, 3.05) is 19.0 Å². The minimum absolute atomic E-state index is 0.0413. The maximum atomic E-state index is 12.1. The number of ether oxygens (including phenoxy) is 1. The maximum Gasteiger partial charge on any atom is 0.229 e. The van der Waals surface area contributed by atoms with Crippen molar-refractivity contribution in [2.45, 2.75) is 19.4 Å². The molecule has 0 aromatic heterocycles. The van der Waals surface area contributed by atoms with Crippen molar-refractivity contribution < 1.29 is 9.53 Å². The van der Waals surface area contributed by atoms with Crippen LogP contribution in [0.4, 0.5) is 5.69 Å². The quantitative estimate of drug-likeness (QED) is 0.901. The fourth-order valence-corrected chi connectivity index (χ4v) is 2.60. The molecule has 2 atom stereocenters. The van der Waals surface area contributed by atoms with E-state index in [0.29, 0.717) is 5.75 Å². The number of halogens is 1. The SMILES string of the molecule is COc1cc(NC(=O)C2CCNC2C)ccc1Br. The van der Waals surface area contributed by atoms with Crippen LogP contribution in [0.3, 0.4) is 0 Å². The largest absolute Gasteiger partial charge is 0.495 e. The van der Waals surface area contributed by atoms with Gasteiger partial charge in [0.2, 0.25) is 5.91 Å². The van der Waals surface area contributed by atoms with Gasteiger partial charge in [-0.2, -0.15) is 0 Å². The van der Waals surface area contributed by atoms with Gasteiger partial charge in [0.05, 0.1) is 17.5 Å². The van der Waals surface area contributed by atoms with Crippen molar-refractivity contribution in [3.05, 3.63) is 22.7 Å². The number of hydrogen-bond donors (Lipinski definition) is 2. The third-order valence-corrected chi connectivity index (χ3v) is 3.94. The molecule has 0 bridgehead atoms. The Morgan fingerprint density at radius 3 is 2.94 bits per heavy atom. The number of amides is 1. The molecule has 1 aliphatic rings. The summed E-state index contributed by atoms with van der Waals surface area (Å²) in [6.07, 6.45) is 0.890. The first-order chi connectivity index (χ1) is 8.61. The number of anilines is 1. The van der Waals surface area contributed by atoms with E-state index in [2.05, 4.69) is 26.6 Å². The van der Waals surface area contributed by atoms with Crippen LogP contribution in [0.2, 0.25) is 0 Å². The minimum Gasteiger partial charge on any atom is -0.495 e. The zero-order chi connectivity index (χ0) is 13.1. The van der Waals surface area contributed by atoms with Gasteiger partial charge in [-0.3, -0.25) is 4.79 Å². The van der Waals surface area contributed by atoms with E-state index in [-0.39, 0.29) is 17.9 Å². The average Bonchev–Trinajstić information content (AvgIpc) is 2.78. The Hall–Kier alpha value is -1.07. The second-order valence-corrected chi connectivity index (χ2v) is 5.33. The minimum atomic E-state index is 0.0413. The standard InChI is InChI=1S/C13H17BrN2O2/c1-8-10(5-6-15-8)13(17)16-9-3-4-11(14)12(7-9)18-2/h3-4,7-8,10,15H,5-6H2,1-2H3,(H,16,17). The third-order valence-electron chi connectivity index (χ3n) is 3.28. The first-order valence-electron chi connectivity index (χ1n) is 5.99. The van der Waals surface area contributed by atoms with Crippen LogP contribution in [-0.4, -0.2) is 25.6 Å². The highest BCUT2D eigenvalue weighted by atomic mass is 79.9. The van der Waals surface area contributed by atoms with E-state index in [4.69, 9.17) is 4.74 Å². The summed E-state index contributed by atoms with van der Waals surface area (Å²) >= 11 is 3.38. The predicted molar refractivity (Wildman–Crippen MR) is 74.9 cm³/mol. The molecule has 0 aliphatic carbocycles. The van der Waals surface area contributed by atoms with E-state index in [1.54, 1.807) is 7.11 Å². The number of hydrogen-bond acceptors (Lipinski definition) is 3. The number of benzene rings is 1. The zero-order valence-corrected chi connectivity index (χ0v) is 12.1. The fourth-order valence-electron chi connectivity index (χ4n) is 2.19. The summed E-state index contributed by atoms with van der Waals surface area (Å²) in [6.45, 7) is 2.95. The van der Waals surface area contributed by atoms with Crippen molar-refractivity contribution in [1.82, 2.24) is 5.32 Å². The molecule has 1 aromatic rings. The highest BCUT2D eigenvalue weighted by Crippen LogP contribution is 2.28. The Morgan fingerprint density at radius 2 is 2.33 bits per heavy atom. The molecule has 18 heavy (non-hydrogen) atoms. The number of nitrogens with one attached hydrogen (secondary N) is 2. The van der Waals surface area contributed by atoms with Crippen LogP contribution in [0.5, 0.6) is 5.75 Å². The molecular weight excluding hydrogens is 296 g/mol. The van der Waals surface area contributed by atoms with E-state index in [9.17, 15) is 4.79 Å². The van der Waals surface area contributed by atoms with Crippen molar-refractivity contribution in [3.63, 3.8) is 0 Å². The number of rotatable bonds is 3. The number of carbonyl (C=O) groups excluding carboxylic acids is 1. The van der Waals surface area contributed by atoms with Crippen LogP contribution in [0.1, 0.15) is 13.3 Å². The molecule has 1 fully saturated rings. The van der Waals surface area contributed by atoms with Gasteiger partial charge < -0.3 is 15.4 Å². The van der Waals surface area contributed by atoms with Crippen molar-refractivity contribution in [1.29, 1.82) is 0 Å². The van der Waals surface area contributed by atoms with Gasteiger partial charge in [-0.25, -0.2) is 0 Å². The van der Waals surface area contributed by atoms with Crippen molar-refractivity contribution in [2.24, 2.45) is 5.92 Å². The summed E-state index contributed by atoms with van der Waals surface area (Å²) in [7, 11) is 1.61. The summed E-state index contributed by atoms with van der Waals surface area (Å²) in [5.74, 6) is 0.821. The van der Waals surface area contributed by atoms with Gasteiger partial charge in [-0.15, -0.1) is 0 Å². The lowest BCUT2D eigenvalue weighted by Gasteiger charge is -2.15. The highest BCUT2D eigenvalue weighted by molar-refractivity contribution is 9.10. The smallest absolute Gasteiger partial charge is 0.229 e. The lowest BCUT2D eigenvalue weighted by Crippen LogP contribution is -2.32. The molecule has 98 valence electrons. The van der Waals surface area contributed by atoms with Crippen LogP contribution >= 0.6 is 15.9 Å². The lowest BCUT2D eigenvalue weighted by atomic mass is 10.0. The maximum absolute atomic E-state index is 12.1. The molecule has 0 radical (unpaired) electrons. The Bertz CT molecular complexity index is 451. The van der Waals surface area contributed by atoms with Gasteiger partial charge in [-0.05, 0) is 48.0 Å². The zero-order valence-electron chi connectivity index (χ0n) is 10.5. The van der Waals surface area contributed by atoms with Gasteiger partial charge >= 0.3 is 0 Å². The van der Waals surface area contributed by atoms with Crippen LogP contribution in [0, 0.1) is 5.92 Å². The third kappa shape index (κ3) is 2.84. The first kappa shape index (κ1) is 13.4. The Balaban J connectivity index is 2.07. The van der Waals surface area contributed by atoms with Gasteiger partial charge in [0.15, 0.2) is 0 Å². The predicted octanol–water partition coefficient (Wildman–Crippen LogP) is 2.39. The Labute approximate surface area is 115 Å². The summed E-state index contributed by atoms with van der Waals surface area (Å²) in [4.78, 5) is 12.1. The average molecular weight is 313 g/mol. The van der Waals surface area contributed by atoms with Gasteiger partial charge in [0, 0.05) is 17.8 Å². The van der Waals surface area contributed by atoms with E-state index < -0.39 is 0 Å². The van der Waals surface area contributed by atoms with Crippen LogP contribution in [0.15, 0.2) is 22.7 Å². The highest BCUT2D eigenvalue weighted by Gasteiger charge is 2.29. The second kappa shape index (κ2) is 5.71. The monoisotopic (exact) mass is 312 g/mol. The molecule has 0 saturated carbocycles. The summed E-state index contributed by atoms with van der Waals surface area (Å²) in [5.41, 5.74) is 0.763. The molecule has 1 heterocycles. The molecule has 2 rings (SSSR count). The topological polar surface area (TPSA) is 50.4 Å². The molecule has 1 amide bonds. The van der Waals surface area contributed by atoms with E-state index in [0.717, 1.165) is 23.1 Å². The molecule has 5 heteroatoms. The first-order valence-corrected chi connectivity index (χ1v) is 6.79. The lowest BCUT2D eigenvalue weighted by molar-refractivity contribution is -0.119. The van der Waals surface area contributed by atoms with Gasteiger partial charge in [0.1, 0.15) is 5.75 Å². The van der Waals surface area contributed by atoms with Gasteiger partial charge in [-0.1, -0.05) is 0 Å². The molecule has 2 N–H and O–H groups in total. The fraction of sp³-hybridized carbons (Fsp3) is 0.462. The van der Waals surface area contributed by atoms with Crippen LogP contribution in [-0.2, 0) is 4.79 Å². The summed E-state index contributed by atoms with van der Waals surface area (Å²) in [6, 6.07) is 5.78. The Morgan fingerprint density at radius 1 is 1.56 bits per heavy atom. The number of methoxy groups -OCH3 is 1. The molecule has 1 aromatic carbocycles. The van der Waals surface area contributed by atoms with Crippen molar-refractivity contribution in [3.8, 4) is 5.75 Å². The summed E-state index contributed by atoms with van der Waals surface area (Å²) < 4.78 is 6.08. The van der Waals surface area contributed by atoms with Crippen LogP contribution in [0.25, 0.3) is 0 Å².